The fourth-order valence-electron chi connectivity index (χ4n) is 2.51. The van der Waals surface area contributed by atoms with Crippen LogP contribution in [-0.2, 0) is 21.2 Å². The van der Waals surface area contributed by atoms with Gasteiger partial charge in [-0.3, -0.25) is 9.10 Å². The third-order valence-electron chi connectivity index (χ3n) is 3.87. The molecular formula is C18H20Cl2N2O3S. The van der Waals surface area contributed by atoms with Crippen molar-refractivity contribution in [3.63, 3.8) is 0 Å². The van der Waals surface area contributed by atoms with Crippen molar-refractivity contribution >= 4 is 50.5 Å². The maximum Gasteiger partial charge on any atom is 0.247 e. The fourth-order valence-corrected chi connectivity index (χ4v) is 3.98. The predicted molar refractivity (Wildman–Crippen MR) is 108 cm³/mol. The highest BCUT2D eigenvalue weighted by Crippen LogP contribution is 2.26. The first kappa shape index (κ1) is 20.6. The van der Waals surface area contributed by atoms with E-state index in [-0.39, 0.29) is 0 Å². The highest BCUT2D eigenvalue weighted by molar-refractivity contribution is 7.92. The zero-order chi connectivity index (χ0) is 19.5. The Hall–Kier alpha value is -1.76. The highest BCUT2D eigenvalue weighted by atomic mass is 35.5. The lowest BCUT2D eigenvalue weighted by molar-refractivity contribution is -0.116. The molecule has 0 saturated heterocycles. The minimum Gasteiger partial charge on any atom is -0.324 e. The van der Waals surface area contributed by atoms with Gasteiger partial charge in [-0.2, -0.15) is 0 Å². The minimum atomic E-state index is -3.66. The summed E-state index contributed by atoms with van der Waals surface area (Å²) in [5.41, 5.74) is 1.95. The molecule has 140 valence electrons. The van der Waals surface area contributed by atoms with E-state index in [1.54, 1.807) is 24.3 Å². The summed E-state index contributed by atoms with van der Waals surface area (Å²) in [5.74, 6) is -0.478. The molecule has 0 aliphatic carbocycles. The van der Waals surface area contributed by atoms with Gasteiger partial charge >= 0.3 is 0 Å². The lowest BCUT2D eigenvalue weighted by Gasteiger charge is -2.28. The van der Waals surface area contributed by atoms with E-state index in [0.717, 1.165) is 22.5 Å². The number of hydrogen-bond donors (Lipinski definition) is 1. The monoisotopic (exact) mass is 414 g/mol. The molecule has 2 aromatic carbocycles. The van der Waals surface area contributed by atoms with Gasteiger partial charge in [0.2, 0.25) is 15.9 Å². The summed E-state index contributed by atoms with van der Waals surface area (Å²) in [6.45, 7) is 3.54. The lowest BCUT2D eigenvalue weighted by Crippen LogP contribution is -2.45. The summed E-state index contributed by atoms with van der Waals surface area (Å²) in [5, 5.41) is 3.33. The van der Waals surface area contributed by atoms with Crippen molar-refractivity contribution in [3.8, 4) is 0 Å². The standard InChI is InChI=1S/C18H20Cl2N2O3S/c1-4-13-5-8-15(9-6-13)22(26(3,24)25)12(2)18(23)21-14-7-10-16(19)17(20)11-14/h5-12H,4H2,1-3H3,(H,21,23). The Labute approximate surface area is 164 Å². The van der Waals surface area contributed by atoms with Crippen LogP contribution >= 0.6 is 23.2 Å². The largest absolute Gasteiger partial charge is 0.324 e. The number of aryl methyl sites for hydroxylation is 1. The highest BCUT2D eigenvalue weighted by Gasteiger charge is 2.29. The number of nitrogens with zero attached hydrogens (tertiary/aromatic N) is 1. The first-order valence-electron chi connectivity index (χ1n) is 7.97. The second kappa shape index (κ2) is 8.29. The van der Waals surface area contributed by atoms with E-state index >= 15 is 0 Å². The molecule has 0 bridgehead atoms. The van der Waals surface area contributed by atoms with Crippen LogP contribution in [0, 0.1) is 0 Å². The van der Waals surface area contributed by atoms with Crippen LogP contribution in [0.1, 0.15) is 19.4 Å². The van der Waals surface area contributed by atoms with Crippen LogP contribution in [-0.4, -0.2) is 26.6 Å². The number of rotatable bonds is 6. The normalized spacial score (nSPS) is 12.5. The van der Waals surface area contributed by atoms with Crippen LogP contribution in [0.4, 0.5) is 11.4 Å². The van der Waals surface area contributed by atoms with E-state index in [0.29, 0.717) is 21.4 Å². The minimum absolute atomic E-state index is 0.298. The first-order chi connectivity index (χ1) is 12.1. The number of hydrogen-bond acceptors (Lipinski definition) is 3. The van der Waals surface area contributed by atoms with Crippen LogP contribution in [0.25, 0.3) is 0 Å². The van der Waals surface area contributed by atoms with Gasteiger partial charge in [-0.15, -0.1) is 0 Å². The Kier molecular flexibility index (Phi) is 6.55. The Balaban J connectivity index is 2.29. The SMILES string of the molecule is CCc1ccc(N(C(C)C(=O)Nc2ccc(Cl)c(Cl)c2)S(C)(=O)=O)cc1. The van der Waals surface area contributed by atoms with Crippen LogP contribution in [0.3, 0.4) is 0 Å². The van der Waals surface area contributed by atoms with E-state index in [9.17, 15) is 13.2 Å². The molecule has 0 aromatic heterocycles. The van der Waals surface area contributed by atoms with Crippen molar-refractivity contribution < 1.29 is 13.2 Å². The summed E-state index contributed by atoms with van der Waals surface area (Å²) < 4.78 is 25.7. The topological polar surface area (TPSA) is 66.5 Å². The van der Waals surface area contributed by atoms with Gasteiger partial charge in [-0.25, -0.2) is 8.42 Å². The zero-order valence-electron chi connectivity index (χ0n) is 14.7. The molecule has 5 nitrogen and oxygen atoms in total. The number of halogens is 2. The number of nitrogens with one attached hydrogen (secondary N) is 1. The van der Waals surface area contributed by atoms with Crippen molar-refractivity contribution in [1.29, 1.82) is 0 Å². The molecule has 0 radical (unpaired) electrons. The van der Waals surface area contributed by atoms with Crippen molar-refractivity contribution in [1.82, 2.24) is 0 Å². The summed E-state index contributed by atoms with van der Waals surface area (Å²) in [4.78, 5) is 12.6. The third-order valence-corrected chi connectivity index (χ3v) is 5.86. The first-order valence-corrected chi connectivity index (χ1v) is 10.6. The van der Waals surface area contributed by atoms with Gasteiger partial charge in [0.25, 0.3) is 0 Å². The number of anilines is 2. The van der Waals surface area contributed by atoms with Gasteiger partial charge in [0.05, 0.1) is 22.0 Å². The van der Waals surface area contributed by atoms with Gasteiger partial charge in [-0.05, 0) is 49.2 Å². The van der Waals surface area contributed by atoms with Gasteiger partial charge < -0.3 is 5.32 Å². The van der Waals surface area contributed by atoms with Crippen molar-refractivity contribution in [3.05, 3.63) is 58.1 Å². The molecule has 0 aliphatic rings. The Morgan fingerprint density at radius 1 is 1.12 bits per heavy atom. The summed E-state index contributed by atoms with van der Waals surface area (Å²) in [6, 6.07) is 10.8. The molecule has 1 atom stereocenters. The molecule has 0 aliphatic heterocycles. The van der Waals surface area contributed by atoms with Gasteiger partial charge in [0.1, 0.15) is 6.04 Å². The third kappa shape index (κ3) is 4.90. The van der Waals surface area contributed by atoms with Crippen LogP contribution in [0.15, 0.2) is 42.5 Å². The number of benzene rings is 2. The smallest absolute Gasteiger partial charge is 0.247 e. The molecule has 1 amide bonds. The fraction of sp³-hybridized carbons (Fsp3) is 0.278. The van der Waals surface area contributed by atoms with Crippen LogP contribution in [0.5, 0.6) is 0 Å². The molecule has 2 aromatic rings. The molecule has 2 rings (SSSR count). The summed E-state index contributed by atoms with van der Waals surface area (Å²) in [7, 11) is -3.66. The Morgan fingerprint density at radius 2 is 1.73 bits per heavy atom. The average molecular weight is 415 g/mol. The molecule has 26 heavy (non-hydrogen) atoms. The van der Waals surface area contributed by atoms with Crippen molar-refractivity contribution in [2.24, 2.45) is 0 Å². The van der Waals surface area contributed by atoms with E-state index in [1.807, 2.05) is 19.1 Å². The Bertz CT molecular complexity index is 899. The van der Waals surface area contributed by atoms with Gasteiger partial charge in [-0.1, -0.05) is 42.3 Å². The molecule has 0 saturated carbocycles. The zero-order valence-corrected chi connectivity index (χ0v) is 17.0. The molecule has 0 fully saturated rings. The molecule has 1 N–H and O–H groups in total. The molecular weight excluding hydrogens is 395 g/mol. The molecule has 8 heteroatoms. The van der Waals surface area contributed by atoms with E-state index in [2.05, 4.69) is 5.32 Å². The second-order valence-corrected chi connectivity index (χ2v) is 8.55. The molecule has 0 spiro atoms. The van der Waals surface area contributed by atoms with Crippen molar-refractivity contribution in [2.75, 3.05) is 15.9 Å². The molecule has 1 unspecified atom stereocenters. The number of sulfonamides is 1. The van der Waals surface area contributed by atoms with Crippen LogP contribution < -0.4 is 9.62 Å². The van der Waals surface area contributed by atoms with Gasteiger partial charge in [0.15, 0.2) is 0 Å². The maximum atomic E-state index is 12.6. The van der Waals surface area contributed by atoms with E-state index in [4.69, 9.17) is 23.2 Å². The number of carbonyl (C=O) groups excluding carboxylic acids is 1. The van der Waals surface area contributed by atoms with E-state index in [1.165, 1.54) is 13.0 Å². The number of carbonyl (C=O) groups is 1. The Morgan fingerprint density at radius 3 is 2.23 bits per heavy atom. The molecule has 0 heterocycles. The van der Waals surface area contributed by atoms with E-state index < -0.39 is 22.0 Å². The van der Waals surface area contributed by atoms with Crippen LogP contribution in [0.2, 0.25) is 10.0 Å². The second-order valence-electron chi connectivity index (χ2n) is 5.87. The average Bonchev–Trinajstić information content (AvgIpc) is 2.57. The van der Waals surface area contributed by atoms with Crippen molar-refractivity contribution in [2.45, 2.75) is 26.3 Å². The summed E-state index contributed by atoms with van der Waals surface area (Å²) >= 11 is 11.8. The predicted octanol–water partition coefficient (Wildman–Crippen LogP) is 4.35. The number of amides is 1. The lowest BCUT2D eigenvalue weighted by atomic mass is 10.1. The quantitative estimate of drug-likeness (QED) is 0.763. The van der Waals surface area contributed by atoms with Gasteiger partial charge in [0, 0.05) is 5.69 Å². The maximum absolute atomic E-state index is 12.6. The summed E-state index contributed by atoms with van der Waals surface area (Å²) in [6.07, 6.45) is 1.91.